The molecular formula is C4H4N2S. The van der Waals surface area contributed by atoms with Gasteiger partial charge in [-0.2, -0.15) is 5.26 Å². The van der Waals surface area contributed by atoms with E-state index in [0.29, 0.717) is 0 Å². The zero-order valence-corrected chi connectivity index (χ0v) is 4.46. The molecule has 1 aliphatic heterocycles. The van der Waals surface area contributed by atoms with Gasteiger partial charge in [0.2, 0.25) is 0 Å². The summed E-state index contributed by atoms with van der Waals surface area (Å²) >= 11 is 1.47. The number of nitrogens with zero attached hydrogens (tertiary/aromatic N) is 1. The van der Waals surface area contributed by atoms with Gasteiger partial charge in [0.15, 0.2) is 0 Å². The highest BCUT2D eigenvalue weighted by atomic mass is 32.2. The van der Waals surface area contributed by atoms with E-state index in [1.54, 1.807) is 0 Å². The maximum atomic E-state index is 8.19. The van der Waals surface area contributed by atoms with Crippen molar-refractivity contribution in [3.8, 4) is 6.07 Å². The lowest BCUT2D eigenvalue weighted by Gasteiger charge is -1.79. The minimum atomic E-state index is 0.723. The Morgan fingerprint density at radius 3 is 3.14 bits per heavy atom. The molecule has 0 aromatic carbocycles. The van der Waals surface area contributed by atoms with Crippen LogP contribution in [0.1, 0.15) is 0 Å². The molecule has 0 radical (unpaired) electrons. The molecule has 0 bridgehead atoms. The predicted octanol–water partition coefficient (Wildman–Crippen LogP) is 0.645. The molecule has 1 aliphatic rings. The molecule has 0 saturated heterocycles. The molecule has 3 heteroatoms. The van der Waals surface area contributed by atoms with Crippen molar-refractivity contribution in [3.05, 3.63) is 11.0 Å². The Balaban J connectivity index is 2.57. The average Bonchev–Trinajstić information content (AvgIpc) is 2.14. The van der Waals surface area contributed by atoms with E-state index in [2.05, 4.69) is 4.72 Å². The van der Waals surface area contributed by atoms with Crippen molar-refractivity contribution in [1.29, 1.82) is 5.26 Å². The SMILES string of the molecule is N#CC1=CSNC1. The first-order chi connectivity index (χ1) is 3.43. The van der Waals surface area contributed by atoms with Crippen LogP contribution in [-0.2, 0) is 0 Å². The van der Waals surface area contributed by atoms with Gasteiger partial charge in [-0.15, -0.1) is 0 Å². The van der Waals surface area contributed by atoms with Gasteiger partial charge in [0.25, 0.3) is 0 Å². The van der Waals surface area contributed by atoms with E-state index < -0.39 is 0 Å². The van der Waals surface area contributed by atoms with Crippen LogP contribution in [0.15, 0.2) is 11.0 Å². The van der Waals surface area contributed by atoms with Gasteiger partial charge < -0.3 is 0 Å². The van der Waals surface area contributed by atoms with Crippen LogP contribution in [-0.4, -0.2) is 6.54 Å². The quantitative estimate of drug-likeness (QED) is 0.467. The molecule has 0 aromatic heterocycles. The predicted molar refractivity (Wildman–Crippen MR) is 29.3 cm³/mol. The molecule has 0 atom stereocenters. The van der Waals surface area contributed by atoms with Crippen molar-refractivity contribution in [3.63, 3.8) is 0 Å². The van der Waals surface area contributed by atoms with Crippen LogP contribution in [0.3, 0.4) is 0 Å². The highest BCUT2D eigenvalue weighted by Crippen LogP contribution is 2.08. The first-order valence-electron chi connectivity index (χ1n) is 1.91. The largest absolute Gasteiger partial charge is 0.255 e. The second-order valence-corrected chi connectivity index (χ2v) is 1.95. The number of nitriles is 1. The summed E-state index contributed by atoms with van der Waals surface area (Å²) in [6, 6.07) is 2.04. The van der Waals surface area contributed by atoms with Gasteiger partial charge in [-0.05, 0) is 0 Å². The Morgan fingerprint density at radius 2 is 2.86 bits per heavy atom. The van der Waals surface area contributed by atoms with E-state index >= 15 is 0 Å². The van der Waals surface area contributed by atoms with Gasteiger partial charge in [0, 0.05) is 12.0 Å². The van der Waals surface area contributed by atoms with Gasteiger partial charge in [-0.1, -0.05) is 11.9 Å². The molecule has 0 saturated carbocycles. The maximum Gasteiger partial charge on any atom is 0.0967 e. The Morgan fingerprint density at radius 1 is 2.00 bits per heavy atom. The third kappa shape index (κ3) is 0.952. The van der Waals surface area contributed by atoms with Crippen molar-refractivity contribution in [2.24, 2.45) is 0 Å². The van der Waals surface area contributed by atoms with Crippen LogP contribution >= 0.6 is 11.9 Å². The molecule has 0 amide bonds. The van der Waals surface area contributed by atoms with Crippen LogP contribution < -0.4 is 4.72 Å². The highest BCUT2D eigenvalue weighted by Gasteiger charge is 1.99. The molecule has 36 valence electrons. The molecule has 0 unspecified atom stereocenters. The Kier molecular flexibility index (Phi) is 1.35. The van der Waals surface area contributed by atoms with Crippen LogP contribution in [0, 0.1) is 11.3 Å². The van der Waals surface area contributed by atoms with Crippen molar-refractivity contribution in [2.45, 2.75) is 0 Å². The van der Waals surface area contributed by atoms with Crippen LogP contribution in [0.5, 0.6) is 0 Å². The first-order valence-corrected chi connectivity index (χ1v) is 2.79. The Hall–Kier alpha value is -0.460. The molecule has 2 nitrogen and oxygen atoms in total. The molecule has 1 heterocycles. The first kappa shape index (κ1) is 4.69. The van der Waals surface area contributed by atoms with Crippen LogP contribution in [0.4, 0.5) is 0 Å². The lowest BCUT2D eigenvalue weighted by molar-refractivity contribution is 1.12. The Labute approximate surface area is 46.3 Å². The summed E-state index contributed by atoms with van der Waals surface area (Å²) in [5.74, 6) is 0. The van der Waals surface area contributed by atoms with Crippen molar-refractivity contribution in [1.82, 2.24) is 4.72 Å². The fraction of sp³-hybridized carbons (Fsp3) is 0.250. The van der Waals surface area contributed by atoms with Gasteiger partial charge in [-0.3, -0.25) is 4.72 Å². The summed E-state index contributed by atoms with van der Waals surface area (Å²) in [4.78, 5) is 0. The van der Waals surface area contributed by atoms with Gasteiger partial charge in [0.05, 0.1) is 11.6 Å². The molecule has 7 heavy (non-hydrogen) atoms. The molecular weight excluding hydrogens is 108 g/mol. The standard InChI is InChI=1S/C4H4N2S/c5-1-4-2-6-7-3-4/h3,6H,2H2. The van der Waals surface area contributed by atoms with Crippen molar-refractivity contribution >= 4 is 11.9 Å². The average molecular weight is 112 g/mol. The summed E-state index contributed by atoms with van der Waals surface area (Å²) < 4.78 is 2.92. The lowest BCUT2D eigenvalue weighted by Crippen LogP contribution is -1.97. The zero-order chi connectivity index (χ0) is 5.11. The maximum absolute atomic E-state index is 8.19. The number of hydrogen-bond acceptors (Lipinski definition) is 3. The number of hydrogen-bond donors (Lipinski definition) is 1. The van der Waals surface area contributed by atoms with E-state index in [-0.39, 0.29) is 0 Å². The third-order valence-electron chi connectivity index (χ3n) is 0.691. The summed E-state index contributed by atoms with van der Waals surface area (Å²) in [5, 5.41) is 10.0. The zero-order valence-electron chi connectivity index (χ0n) is 3.64. The highest BCUT2D eigenvalue weighted by molar-refractivity contribution is 8.00. The Bertz CT molecular complexity index is 133. The van der Waals surface area contributed by atoms with E-state index in [4.69, 9.17) is 5.26 Å². The summed E-state index contributed by atoms with van der Waals surface area (Å²) in [6.45, 7) is 0.723. The molecule has 0 spiro atoms. The summed E-state index contributed by atoms with van der Waals surface area (Å²) in [6.07, 6.45) is 0. The number of rotatable bonds is 0. The third-order valence-corrected chi connectivity index (χ3v) is 1.40. The minimum Gasteiger partial charge on any atom is -0.255 e. The fourth-order valence-electron chi connectivity index (χ4n) is 0.340. The van der Waals surface area contributed by atoms with Gasteiger partial charge in [-0.25, -0.2) is 0 Å². The minimum absolute atomic E-state index is 0.723. The second-order valence-electron chi connectivity index (χ2n) is 1.19. The normalized spacial score (nSPS) is 18.4. The van der Waals surface area contributed by atoms with Crippen LogP contribution in [0.25, 0.3) is 0 Å². The monoisotopic (exact) mass is 112 g/mol. The molecule has 1 rings (SSSR count). The topological polar surface area (TPSA) is 35.8 Å². The molecule has 0 aromatic rings. The van der Waals surface area contributed by atoms with Gasteiger partial charge >= 0.3 is 0 Å². The van der Waals surface area contributed by atoms with E-state index in [1.165, 1.54) is 11.9 Å². The molecule has 0 fully saturated rings. The summed E-state index contributed by atoms with van der Waals surface area (Å²) in [5.41, 5.74) is 0.824. The summed E-state index contributed by atoms with van der Waals surface area (Å²) in [7, 11) is 0. The number of nitrogens with one attached hydrogen (secondary N) is 1. The smallest absolute Gasteiger partial charge is 0.0967 e. The van der Waals surface area contributed by atoms with Crippen molar-refractivity contribution in [2.75, 3.05) is 6.54 Å². The van der Waals surface area contributed by atoms with Crippen LogP contribution in [0.2, 0.25) is 0 Å². The fourth-order valence-corrected chi connectivity index (χ4v) is 0.940. The molecule has 0 aliphatic carbocycles. The van der Waals surface area contributed by atoms with Crippen molar-refractivity contribution < 1.29 is 0 Å². The van der Waals surface area contributed by atoms with E-state index in [1.807, 2.05) is 11.5 Å². The molecule has 1 N–H and O–H groups in total. The lowest BCUT2D eigenvalue weighted by atomic mass is 10.4. The van der Waals surface area contributed by atoms with E-state index in [9.17, 15) is 0 Å². The second kappa shape index (κ2) is 2.01. The van der Waals surface area contributed by atoms with E-state index in [0.717, 1.165) is 12.1 Å². The van der Waals surface area contributed by atoms with Gasteiger partial charge in [0.1, 0.15) is 0 Å².